The van der Waals surface area contributed by atoms with Gasteiger partial charge in [-0.05, 0) is 60.7 Å². The summed E-state index contributed by atoms with van der Waals surface area (Å²) in [5.41, 5.74) is 2.09. The zero-order valence-corrected chi connectivity index (χ0v) is 12.9. The van der Waals surface area contributed by atoms with Gasteiger partial charge in [0.1, 0.15) is 18.1 Å². The highest BCUT2D eigenvalue weighted by Crippen LogP contribution is 2.24. The predicted octanol–water partition coefficient (Wildman–Crippen LogP) is 4.34. The van der Waals surface area contributed by atoms with Crippen LogP contribution in [0.1, 0.15) is 16.1 Å². The summed E-state index contributed by atoms with van der Waals surface area (Å²) >= 11 is 5.81. The molecule has 4 nitrogen and oxygen atoms in total. The Morgan fingerprint density at radius 2 is 1.70 bits per heavy atom. The molecule has 0 aliphatic heterocycles. The van der Waals surface area contributed by atoms with Gasteiger partial charge in [0.2, 0.25) is 0 Å². The Bertz CT molecular complexity index is 807. The van der Waals surface area contributed by atoms with Crippen LogP contribution in [0.15, 0.2) is 65.1 Å². The first-order valence-electron chi connectivity index (χ1n) is 7.02. The lowest BCUT2D eigenvalue weighted by atomic mass is 10.1. The zero-order chi connectivity index (χ0) is 16.2. The fraction of sp³-hybridized carbons (Fsp3) is 0.0556. The summed E-state index contributed by atoms with van der Waals surface area (Å²) < 4.78 is 5.47. The topological polar surface area (TPSA) is 62.5 Å². The average Bonchev–Trinajstić information content (AvgIpc) is 3.05. The van der Waals surface area contributed by atoms with Gasteiger partial charge in [-0.2, -0.15) is 0 Å². The number of furan rings is 1. The third-order valence-electron chi connectivity index (χ3n) is 3.35. The maximum absolute atomic E-state index is 12.1. The number of anilines is 1. The number of hydrogen-bond donors (Lipinski definition) is 2. The third-order valence-corrected chi connectivity index (χ3v) is 3.60. The van der Waals surface area contributed by atoms with E-state index in [9.17, 15) is 4.79 Å². The van der Waals surface area contributed by atoms with Gasteiger partial charge >= 0.3 is 0 Å². The molecule has 2 N–H and O–H groups in total. The summed E-state index contributed by atoms with van der Waals surface area (Å²) in [5, 5.41) is 12.4. The second kappa shape index (κ2) is 6.69. The molecule has 0 aliphatic carbocycles. The Morgan fingerprint density at radius 3 is 2.30 bits per heavy atom. The second-order valence-corrected chi connectivity index (χ2v) is 5.40. The largest absolute Gasteiger partial charge is 0.459 e. The Labute approximate surface area is 138 Å². The summed E-state index contributed by atoms with van der Waals surface area (Å²) in [6, 6.07) is 17.5. The molecule has 0 atom stereocenters. The van der Waals surface area contributed by atoms with Gasteiger partial charge in [0, 0.05) is 21.8 Å². The van der Waals surface area contributed by atoms with Crippen LogP contribution in [-0.4, -0.2) is 11.0 Å². The van der Waals surface area contributed by atoms with E-state index in [1.165, 1.54) is 0 Å². The predicted molar refractivity (Wildman–Crippen MR) is 89.5 cm³/mol. The molecule has 0 aliphatic rings. The standard InChI is InChI=1S/C18H14ClNO3/c19-14-5-1-13(2-6-14)18(22)20-15-7-3-12(4-8-15)17-10-9-16(11-21)23-17/h1-10,21H,11H2,(H,20,22). The van der Waals surface area contributed by atoms with Gasteiger partial charge in [-0.1, -0.05) is 11.6 Å². The highest BCUT2D eigenvalue weighted by Gasteiger charge is 2.07. The van der Waals surface area contributed by atoms with E-state index in [-0.39, 0.29) is 12.5 Å². The van der Waals surface area contributed by atoms with Gasteiger partial charge in [-0.3, -0.25) is 4.79 Å². The van der Waals surface area contributed by atoms with Crippen molar-refractivity contribution in [2.45, 2.75) is 6.61 Å². The average molecular weight is 328 g/mol. The highest BCUT2D eigenvalue weighted by molar-refractivity contribution is 6.30. The van der Waals surface area contributed by atoms with Crippen LogP contribution in [-0.2, 0) is 6.61 Å². The molecule has 1 amide bonds. The summed E-state index contributed by atoms with van der Waals surface area (Å²) in [4.78, 5) is 12.1. The maximum atomic E-state index is 12.1. The van der Waals surface area contributed by atoms with Crippen molar-refractivity contribution < 1.29 is 14.3 Å². The quantitative estimate of drug-likeness (QED) is 0.749. The van der Waals surface area contributed by atoms with Crippen molar-refractivity contribution in [3.63, 3.8) is 0 Å². The number of halogens is 1. The summed E-state index contributed by atoms with van der Waals surface area (Å²) in [6.07, 6.45) is 0. The minimum Gasteiger partial charge on any atom is -0.459 e. The maximum Gasteiger partial charge on any atom is 0.255 e. The van der Waals surface area contributed by atoms with Crippen molar-refractivity contribution >= 4 is 23.2 Å². The highest BCUT2D eigenvalue weighted by atomic mass is 35.5. The molecule has 2 aromatic carbocycles. The molecule has 0 spiro atoms. The fourth-order valence-electron chi connectivity index (χ4n) is 2.14. The van der Waals surface area contributed by atoms with Crippen LogP contribution < -0.4 is 5.32 Å². The molecule has 116 valence electrons. The van der Waals surface area contributed by atoms with Gasteiger partial charge in [0.25, 0.3) is 5.91 Å². The number of hydrogen-bond acceptors (Lipinski definition) is 3. The van der Waals surface area contributed by atoms with Gasteiger partial charge < -0.3 is 14.8 Å². The lowest BCUT2D eigenvalue weighted by Crippen LogP contribution is -2.11. The molecule has 3 rings (SSSR count). The molecule has 0 bridgehead atoms. The van der Waals surface area contributed by atoms with E-state index >= 15 is 0 Å². The number of carbonyl (C=O) groups excluding carboxylic acids is 1. The van der Waals surface area contributed by atoms with Gasteiger partial charge in [0.15, 0.2) is 0 Å². The Hall–Kier alpha value is -2.56. The lowest BCUT2D eigenvalue weighted by Gasteiger charge is -2.06. The molecule has 1 aromatic heterocycles. The molecule has 0 unspecified atom stereocenters. The number of rotatable bonds is 4. The van der Waals surface area contributed by atoms with Crippen molar-refractivity contribution in [2.24, 2.45) is 0 Å². The van der Waals surface area contributed by atoms with Crippen LogP contribution in [0, 0.1) is 0 Å². The molecule has 23 heavy (non-hydrogen) atoms. The lowest BCUT2D eigenvalue weighted by molar-refractivity contribution is 0.102. The van der Waals surface area contributed by atoms with Crippen LogP contribution in [0.2, 0.25) is 5.02 Å². The van der Waals surface area contributed by atoms with Crippen LogP contribution in [0.25, 0.3) is 11.3 Å². The van der Waals surface area contributed by atoms with E-state index in [1.54, 1.807) is 48.5 Å². The van der Waals surface area contributed by atoms with Crippen LogP contribution >= 0.6 is 11.6 Å². The van der Waals surface area contributed by atoms with Crippen molar-refractivity contribution in [1.82, 2.24) is 0 Å². The van der Waals surface area contributed by atoms with Crippen LogP contribution in [0.4, 0.5) is 5.69 Å². The van der Waals surface area contributed by atoms with Crippen molar-refractivity contribution in [3.05, 3.63) is 77.0 Å². The van der Waals surface area contributed by atoms with Crippen molar-refractivity contribution in [3.8, 4) is 11.3 Å². The normalized spacial score (nSPS) is 10.5. The number of aliphatic hydroxyl groups excluding tert-OH is 1. The first kappa shape index (κ1) is 15.3. The molecular formula is C18H14ClNO3. The number of nitrogens with one attached hydrogen (secondary N) is 1. The summed E-state index contributed by atoms with van der Waals surface area (Å²) in [5.74, 6) is 0.986. The Morgan fingerprint density at radius 1 is 1.00 bits per heavy atom. The van der Waals surface area contributed by atoms with Gasteiger partial charge in [-0.15, -0.1) is 0 Å². The van der Waals surface area contributed by atoms with Gasteiger partial charge in [-0.25, -0.2) is 0 Å². The number of aliphatic hydroxyl groups is 1. The molecule has 5 heteroatoms. The third kappa shape index (κ3) is 3.62. The number of benzene rings is 2. The molecule has 3 aromatic rings. The van der Waals surface area contributed by atoms with Crippen molar-refractivity contribution in [2.75, 3.05) is 5.32 Å². The molecule has 0 radical (unpaired) electrons. The number of amides is 1. The Kier molecular flexibility index (Phi) is 4.46. The number of carbonyl (C=O) groups is 1. The molecule has 0 fully saturated rings. The first-order valence-corrected chi connectivity index (χ1v) is 7.40. The summed E-state index contributed by atoms with van der Waals surface area (Å²) in [7, 11) is 0. The van der Waals surface area contributed by atoms with E-state index in [0.717, 1.165) is 5.56 Å². The molecular weight excluding hydrogens is 314 g/mol. The monoisotopic (exact) mass is 327 g/mol. The van der Waals surface area contributed by atoms with Crippen molar-refractivity contribution in [1.29, 1.82) is 0 Å². The van der Waals surface area contributed by atoms with E-state index in [1.807, 2.05) is 12.1 Å². The molecule has 0 saturated heterocycles. The van der Waals surface area contributed by atoms with Crippen LogP contribution in [0.5, 0.6) is 0 Å². The van der Waals surface area contributed by atoms with Crippen LogP contribution in [0.3, 0.4) is 0 Å². The first-order chi connectivity index (χ1) is 11.2. The van der Waals surface area contributed by atoms with Gasteiger partial charge in [0.05, 0.1) is 0 Å². The fourth-order valence-corrected chi connectivity index (χ4v) is 2.27. The van der Waals surface area contributed by atoms with E-state index in [0.29, 0.717) is 27.8 Å². The minimum atomic E-state index is -0.199. The van der Waals surface area contributed by atoms with E-state index < -0.39 is 0 Å². The van der Waals surface area contributed by atoms with E-state index in [2.05, 4.69) is 5.32 Å². The smallest absolute Gasteiger partial charge is 0.255 e. The Balaban J connectivity index is 1.72. The van der Waals surface area contributed by atoms with E-state index in [4.69, 9.17) is 21.1 Å². The zero-order valence-electron chi connectivity index (χ0n) is 12.1. The molecule has 0 saturated carbocycles. The minimum absolute atomic E-state index is 0.130. The SMILES string of the molecule is O=C(Nc1ccc(-c2ccc(CO)o2)cc1)c1ccc(Cl)cc1. The summed E-state index contributed by atoms with van der Waals surface area (Å²) in [6.45, 7) is -0.130. The molecule has 1 heterocycles. The second-order valence-electron chi connectivity index (χ2n) is 4.96.